The molecular formula is C26H26N4O4S. The molecule has 4 aromatic rings. The molecule has 9 heteroatoms. The van der Waals surface area contributed by atoms with Gasteiger partial charge in [-0.15, -0.1) is 10.2 Å². The molecule has 1 heterocycles. The summed E-state index contributed by atoms with van der Waals surface area (Å²) in [7, 11) is 3.18. The second-order valence-electron chi connectivity index (χ2n) is 7.49. The van der Waals surface area contributed by atoms with E-state index in [0.717, 1.165) is 5.69 Å². The lowest BCUT2D eigenvalue weighted by Gasteiger charge is -2.17. The van der Waals surface area contributed by atoms with E-state index in [-0.39, 0.29) is 11.7 Å². The number of methoxy groups -OCH3 is 2. The van der Waals surface area contributed by atoms with Gasteiger partial charge in [0.05, 0.1) is 25.7 Å². The summed E-state index contributed by atoms with van der Waals surface area (Å²) in [5.74, 6) is 2.55. The van der Waals surface area contributed by atoms with Crippen LogP contribution >= 0.6 is 11.8 Å². The first-order chi connectivity index (χ1) is 17.1. The number of para-hydroxylation sites is 3. The number of anilines is 1. The fraction of sp³-hybridized carbons (Fsp3) is 0.192. The number of carbonyl (C=O) groups excluding carboxylic acids is 1. The summed E-state index contributed by atoms with van der Waals surface area (Å²) in [5.41, 5.74) is 1.49. The van der Waals surface area contributed by atoms with E-state index in [1.165, 1.54) is 11.8 Å². The van der Waals surface area contributed by atoms with Crippen LogP contribution < -0.4 is 19.5 Å². The van der Waals surface area contributed by atoms with Gasteiger partial charge in [0.2, 0.25) is 5.91 Å². The highest BCUT2D eigenvalue weighted by Crippen LogP contribution is 2.29. The van der Waals surface area contributed by atoms with Crippen molar-refractivity contribution in [1.82, 2.24) is 14.8 Å². The molecule has 180 valence electrons. The molecule has 3 aromatic carbocycles. The molecule has 35 heavy (non-hydrogen) atoms. The maximum absolute atomic E-state index is 12.7. The van der Waals surface area contributed by atoms with E-state index >= 15 is 0 Å². The summed E-state index contributed by atoms with van der Waals surface area (Å²) in [6, 6.07) is 24.4. The monoisotopic (exact) mass is 490 g/mol. The van der Waals surface area contributed by atoms with Crippen molar-refractivity contribution in [2.24, 2.45) is 0 Å². The fourth-order valence-corrected chi connectivity index (χ4v) is 4.21. The van der Waals surface area contributed by atoms with Crippen LogP contribution in [0.25, 0.3) is 5.69 Å². The zero-order valence-electron chi connectivity index (χ0n) is 19.7. The number of amides is 1. The van der Waals surface area contributed by atoms with Crippen molar-refractivity contribution in [1.29, 1.82) is 0 Å². The smallest absolute Gasteiger partial charge is 0.234 e. The summed E-state index contributed by atoms with van der Waals surface area (Å²) >= 11 is 1.29. The van der Waals surface area contributed by atoms with Gasteiger partial charge < -0.3 is 19.5 Å². The summed E-state index contributed by atoms with van der Waals surface area (Å²) in [6.45, 7) is 1.91. The first kappa shape index (κ1) is 24.2. The molecule has 1 atom stereocenters. The second-order valence-corrected chi connectivity index (χ2v) is 8.43. The van der Waals surface area contributed by atoms with Crippen molar-refractivity contribution in [2.45, 2.75) is 18.2 Å². The van der Waals surface area contributed by atoms with Crippen LogP contribution in [0, 0.1) is 0 Å². The van der Waals surface area contributed by atoms with Gasteiger partial charge in [-0.1, -0.05) is 48.2 Å². The zero-order valence-corrected chi connectivity index (χ0v) is 20.5. The molecule has 0 saturated heterocycles. The van der Waals surface area contributed by atoms with Gasteiger partial charge in [0.15, 0.2) is 17.1 Å². The molecule has 0 aliphatic carbocycles. The van der Waals surface area contributed by atoms with Crippen molar-refractivity contribution < 1.29 is 19.0 Å². The topological polar surface area (TPSA) is 87.5 Å². The Morgan fingerprint density at radius 1 is 0.943 bits per heavy atom. The van der Waals surface area contributed by atoms with Gasteiger partial charge in [0.1, 0.15) is 17.2 Å². The van der Waals surface area contributed by atoms with Gasteiger partial charge in [-0.25, -0.2) is 0 Å². The van der Waals surface area contributed by atoms with E-state index < -0.39 is 6.10 Å². The van der Waals surface area contributed by atoms with Crippen molar-refractivity contribution in [2.75, 3.05) is 25.3 Å². The minimum Gasteiger partial charge on any atom is -0.497 e. The SMILES string of the molecule is COc1cccc(OC(C)c2nnc(SCC(=O)Nc3ccccc3OC)n2-c2ccccc2)c1. The number of benzene rings is 3. The van der Waals surface area contributed by atoms with Crippen molar-refractivity contribution in [3.05, 3.63) is 84.7 Å². The number of thioether (sulfide) groups is 1. The average Bonchev–Trinajstić information content (AvgIpc) is 3.32. The fourth-order valence-electron chi connectivity index (χ4n) is 3.45. The molecule has 0 radical (unpaired) electrons. The molecule has 0 aliphatic heterocycles. The number of rotatable bonds is 10. The van der Waals surface area contributed by atoms with Crippen molar-refractivity contribution in [3.63, 3.8) is 0 Å². The Morgan fingerprint density at radius 2 is 1.69 bits per heavy atom. The molecule has 1 unspecified atom stereocenters. The second kappa shape index (κ2) is 11.4. The highest BCUT2D eigenvalue weighted by atomic mass is 32.2. The molecule has 1 aromatic heterocycles. The normalized spacial score (nSPS) is 11.5. The third-order valence-corrected chi connectivity index (χ3v) is 6.03. The van der Waals surface area contributed by atoms with Crippen LogP contribution in [0.15, 0.2) is 84.0 Å². The predicted octanol–water partition coefficient (Wildman–Crippen LogP) is 5.16. The molecule has 1 amide bonds. The molecule has 8 nitrogen and oxygen atoms in total. The predicted molar refractivity (Wildman–Crippen MR) is 136 cm³/mol. The van der Waals surface area contributed by atoms with E-state index in [1.807, 2.05) is 78.2 Å². The minimum absolute atomic E-state index is 0.147. The standard InChI is InChI=1S/C26H26N4O4S/c1-18(34-21-13-9-12-20(16-21)32-2)25-28-29-26(30(25)19-10-5-4-6-11-19)35-17-24(31)27-22-14-7-8-15-23(22)33-3/h4-16,18H,17H2,1-3H3,(H,27,31). The Labute approximate surface area is 208 Å². The number of carbonyl (C=O) groups is 1. The highest BCUT2D eigenvalue weighted by molar-refractivity contribution is 7.99. The first-order valence-corrected chi connectivity index (χ1v) is 11.9. The summed E-state index contributed by atoms with van der Waals surface area (Å²) in [4.78, 5) is 12.7. The molecular weight excluding hydrogens is 464 g/mol. The van der Waals surface area contributed by atoms with Gasteiger partial charge in [-0.3, -0.25) is 9.36 Å². The summed E-state index contributed by atoms with van der Waals surface area (Å²) in [6.07, 6.45) is -0.411. The van der Waals surface area contributed by atoms with Crippen molar-refractivity contribution >= 4 is 23.4 Å². The number of hydrogen-bond donors (Lipinski definition) is 1. The number of aromatic nitrogens is 3. The largest absolute Gasteiger partial charge is 0.497 e. The van der Waals surface area contributed by atoms with E-state index in [1.54, 1.807) is 26.4 Å². The Morgan fingerprint density at radius 3 is 2.46 bits per heavy atom. The van der Waals surface area contributed by atoms with Crippen LogP contribution in [0.5, 0.6) is 17.2 Å². The number of hydrogen-bond acceptors (Lipinski definition) is 7. The quantitative estimate of drug-likeness (QED) is 0.307. The molecule has 4 rings (SSSR count). The third-order valence-electron chi connectivity index (χ3n) is 5.10. The van der Waals surface area contributed by atoms with Gasteiger partial charge in [-0.2, -0.15) is 0 Å². The lowest BCUT2D eigenvalue weighted by molar-refractivity contribution is -0.113. The molecule has 1 N–H and O–H groups in total. The summed E-state index contributed by atoms with van der Waals surface area (Å²) in [5, 5.41) is 12.2. The summed E-state index contributed by atoms with van der Waals surface area (Å²) < 4.78 is 18.6. The average molecular weight is 491 g/mol. The number of nitrogens with one attached hydrogen (secondary N) is 1. The van der Waals surface area contributed by atoms with E-state index in [0.29, 0.717) is 33.9 Å². The maximum Gasteiger partial charge on any atom is 0.234 e. The van der Waals surface area contributed by atoms with Crippen LogP contribution in [-0.4, -0.2) is 40.6 Å². The van der Waals surface area contributed by atoms with Crippen LogP contribution in [0.3, 0.4) is 0 Å². The maximum atomic E-state index is 12.7. The van der Waals surface area contributed by atoms with E-state index in [4.69, 9.17) is 14.2 Å². The lowest BCUT2D eigenvalue weighted by atomic mass is 10.3. The van der Waals surface area contributed by atoms with Gasteiger partial charge in [-0.05, 0) is 43.3 Å². The molecule has 0 bridgehead atoms. The van der Waals surface area contributed by atoms with Crippen LogP contribution in [0.1, 0.15) is 18.9 Å². The third kappa shape index (κ3) is 5.93. The highest BCUT2D eigenvalue weighted by Gasteiger charge is 2.22. The lowest BCUT2D eigenvalue weighted by Crippen LogP contribution is -2.15. The van der Waals surface area contributed by atoms with Gasteiger partial charge in [0, 0.05) is 11.8 Å². The number of ether oxygens (including phenoxy) is 3. The van der Waals surface area contributed by atoms with Crippen LogP contribution in [0.2, 0.25) is 0 Å². The zero-order chi connectivity index (χ0) is 24.6. The molecule has 0 saturated carbocycles. The van der Waals surface area contributed by atoms with Crippen molar-refractivity contribution in [3.8, 4) is 22.9 Å². The van der Waals surface area contributed by atoms with E-state index in [9.17, 15) is 4.79 Å². The van der Waals surface area contributed by atoms with Gasteiger partial charge in [0.25, 0.3) is 0 Å². The molecule has 0 fully saturated rings. The van der Waals surface area contributed by atoms with Crippen LogP contribution in [0.4, 0.5) is 5.69 Å². The molecule has 0 spiro atoms. The Hall–Kier alpha value is -3.98. The number of nitrogens with zero attached hydrogens (tertiary/aromatic N) is 3. The minimum atomic E-state index is -0.411. The van der Waals surface area contributed by atoms with E-state index in [2.05, 4.69) is 15.5 Å². The first-order valence-electron chi connectivity index (χ1n) is 11.0. The van der Waals surface area contributed by atoms with Gasteiger partial charge >= 0.3 is 0 Å². The Bertz CT molecular complexity index is 1280. The Balaban J connectivity index is 1.54. The molecule has 0 aliphatic rings. The van der Waals surface area contributed by atoms with Crippen LogP contribution in [-0.2, 0) is 4.79 Å². The Kier molecular flexibility index (Phi) is 7.89.